The molecule has 1 saturated carbocycles. The first-order valence-corrected chi connectivity index (χ1v) is 8.73. The van der Waals surface area contributed by atoms with E-state index in [0.717, 1.165) is 12.8 Å². The molecule has 7 heteroatoms. The van der Waals surface area contributed by atoms with Gasteiger partial charge in [0.25, 0.3) is 0 Å². The molecule has 1 aliphatic rings. The van der Waals surface area contributed by atoms with Crippen LogP contribution < -0.4 is 10.6 Å². The van der Waals surface area contributed by atoms with Crippen LogP contribution in [0.4, 0.5) is 0 Å². The van der Waals surface area contributed by atoms with Gasteiger partial charge in [-0.2, -0.15) is 0 Å². The lowest BCUT2D eigenvalue weighted by atomic mass is 9.78. The number of hydrogen-bond donors (Lipinski definition) is 3. The number of nitrogens with zero attached hydrogens (tertiary/aromatic N) is 1. The third kappa shape index (κ3) is 6.47. The number of aliphatic carboxylic acids is 1. The maximum absolute atomic E-state index is 12.4. The van der Waals surface area contributed by atoms with Gasteiger partial charge in [0.15, 0.2) is 0 Å². The van der Waals surface area contributed by atoms with Crippen molar-refractivity contribution in [2.75, 3.05) is 19.6 Å². The van der Waals surface area contributed by atoms with Crippen LogP contribution in [0.5, 0.6) is 0 Å². The molecule has 0 aromatic carbocycles. The van der Waals surface area contributed by atoms with Crippen LogP contribution in [0.2, 0.25) is 0 Å². The van der Waals surface area contributed by atoms with Crippen molar-refractivity contribution in [1.29, 1.82) is 0 Å². The van der Waals surface area contributed by atoms with Gasteiger partial charge >= 0.3 is 5.97 Å². The number of carboxylic acids is 1. The molecule has 3 N–H and O–H groups in total. The monoisotopic (exact) mass is 341 g/mol. The van der Waals surface area contributed by atoms with Gasteiger partial charge in [-0.3, -0.25) is 19.3 Å². The van der Waals surface area contributed by atoms with Crippen molar-refractivity contribution < 1.29 is 19.5 Å². The number of rotatable bonds is 8. The quantitative estimate of drug-likeness (QED) is 0.608. The molecule has 0 aliphatic heterocycles. The Morgan fingerprint density at radius 1 is 1.25 bits per heavy atom. The van der Waals surface area contributed by atoms with E-state index >= 15 is 0 Å². The molecule has 1 fully saturated rings. The summed E-state index contributed by atoms with van der Waals surface area (Å²) in [5.74, 6) is -0.306. The number of amides is 2. The number of carboxylic acid groups (broad SMARTS) is 1. The van der Waals surface area contributed by atoms with E-state index in [1.165, 1.54) is 13.3 Å². The highest BCUT2D eigenvalue weighted by Gasteiger charge is 2.29. The number of hydrogen-bond acceptors (Lipinski definition) is 4. The molecule has 2 amide bonds. The predicted octanol–water partition coefficient (Wildman–Crippen LogP) is 0.839. The van der Waals surface area contributed by atoms with E-state index in [1.807, 2.05) is 0 Å². The Balaban J connectivity index is 2.58. The first-order chi connectivity index (χ1) is 11.2. The topological polar surface area (TPSA) is 98.7 Å². The van der Waals surface area contributed by atoms with Gasteiger partial charge in [0.2, 0.25) is 11.8 Å². The van der Waals surface area contributed by atoms with Crippen molar-refractivity contribution >= 4 is 17.8 Å². The Bertz CT molecular complexity index is 455. The van der Waals surface area contributed by atoms with Crippen LogP contribution in [0.1, 0.15) is 47.0 Å². The lowest BCUT2D eigenvalue weighted by Crippen LogP contribution is -2.51. The standard InChI is InChI=1S/C17H31N3O4/c1-11-6-5-7-15(12(11)2)19-16(22)10-20(13(3)17(23)24)9-8-18-14(4)21/h11-13,15H,5-10H2,1-4H3,(H,18,21)(H,19,22)(H,23,24). The van der Waals surface area contributed by atoms with Gasteiger partial charge in [0.05, 0.1) is 6.54 Å². The molecule has 0 spiro atoms. The number of carbonyl (C=O) groups is 3. The molecular formula is C17H31N3O4. The van der Waals surface area contributed by atoms with Gasteiger partial charge in [-0.1, -0.05) is 26.7 Å². The Kier molecular flexibility index (Phi) is 8.18. The normalized spacial score (nSPS) is 25.1. The maximum atomic E-state index is 12.4. The molecule has 0 radical (unpaired) electrons. The van der Waals surface area contributed by atoms with Gasteiger partial charge in [-0.05, 0) is 25.2 Å². The Morgan fingerprint density at radius 2 is 1.92 bits per heavy atom. The van der Waals surface area contributed by atoms with Crippen molar-refractivity contribution in [2.24, 2.45) is 11.8 Å². The molecular weight excluding hydrogens is 310 g/mol. The zero-order valence-electron chi connectivity index (χ0n) is 15.2. The average molecular weight is 341 g/mol. The lowest BCUT2D eigenvalue weighted by molar-refractivity contribution is -0.143. The molecule has 0 saturated heterocycles. The van der Waals surface area contributed by atoms with Crippen molar-refractivity contribution in [1.82, 2.24) is 15.5 Å². The minimum atomic E-state index is -0.981. The van der Waals surface area contributed by atoms with Gasteiger partial charge in [0, 0.05) is 26.1 Å². The van der Waals surface area contributed by atoms with Crippen LogP contribution in [0.15, 0.2) is 0 Å². The summed E-state index contributed by atoms with van der Waals surface area (Å²) in [4.78, 5) is 36.1. The smallest absolute Gasteiger partial charge is 0.320 e. The molecule has 7 nitrogen and oxygen atoms in total. The first-order valence-electron chi connectivity index (χ1n) is 8.73. The highest BCUT2D eigenvalue weighted by Crippen LogP contribution is 2.29. The molecule has 0 aromatic rings. The Hall–Kier alpha value is -1.63. The predicted molar refractivity (Wildman–Crippen MR) is 91.5 cm³/mol. The Morgan fingerprint density at radius 3 is 2.50 bits per heavy atom. The summed E-state index contributed by atoms with van der Waals surface area (Å²) < 4.78 is 0. The van der Waals surface area contributed by atoms with E-state index < -0.39 is 12.0 Å². The van der Waals surface area contributed by atoms with Gasteiger partial charge < -0.3 is 15.7 Å². The molecule has 0 bridgehead atoms. The van der Waals surface area contributed by atoms with Crippen molar-refractivity contribution in [3.05, 3.63) is 0 Å². The average Bonchev–Trinajstić information content (AvgIpc) is 2.49. The molecule has 1 rings (SSSR count). The highest BCUT2D eigenvalue weighted by molar-refractivity contribution is 5.80. The fourth-order valence-electron chi connectivity index (χ4n) is 3.16. The van der Waals surface area contributed by atoms with Gasteiger partial charge in [0.1, 0.15) is 6.04 Å². The van der Waals surface area contributed by atoms with Crippen LogP contribution in [0.3, 0.4) is 0 Å². The van der Waals surface area contributed by atoms with E-state index in [4.69, 9.17) is 0 Å². The third-order valence-corrected chi connectivity index (χ3v) is 5.08. The molecule has 0 heterocycles. The zero-order valence-corrected chi connectivity index (χ0v) is 15.2. The highest BCUT2D eigenvalue weighted by atomic mass is 16.4. The van der Waals surface area contributed by atoms with Crippen LogP contribution >= 0.6 is 0 Å². The van der Waals surface area contributed by atoms with E-state index in [1.54, 1.807) is 11.8 Å². The molecule has 4 atom stereocenters. The summed E-state index contributed by atoms with van der Waals surface area (Å²) in [6.07, 6.45) is 3.26. The molecule has 1 aliphatic carbocycles. The summed E-state index contributed by atoms with van der Waals surface area (Å²) in [5, 5.41) is 14.9. The van der Waals surface area contributed by atoms with Crippen molar-refractivity contribution in [3.63, 3.8) is 0 Å². The molecule has 138 valence electrons. The second kappa shape index (κ2) is 9.61. The van der Waals surface area contributed by atoms with Crippen molar-refractivity contribution in [3.8, 4) is 0 Å². The van der Waals surface area contributed by atoms with Crippen LogP contribution in [-0.2, 0) is 14.4 Å². The Labute approximate surface area is 144 Å². The molecule has 0 aromatic heterocycles. The summed E-state index contributed by atoms with van der Waals surface area (Å²) in [7, 11) is 0. The lowest BCUT2D eigenvalue weighted by Gasteiger charge is -2.35. The second-order valence-corrected chi connectivity index (χ2v) is 6.91. The number of nitrogens with one attached hydrogen (secondary N) is 2. The summed E-state index contributed by atoms with van der Waals surface area (Å²) in [6.45, 7) is 7.97. The minimum absolute atomic E-state index is 0.0185. The van der Waals surface area contributed by atoms with E-state index in [9.17, 15) is 19.5 Å². The van der Waals surface area contributed by atoms with Gasteiger partial charge in [-0.25, -0.2) is 0 Å². The van der Waals surface area contributed by atoms with Crippen LogP contribution in [-0.4, -0.2) is 59.5 Å². The molecule has 24 heavy (non-hydrogen) atoms. The molecule has 4 unspecified atom stereocenters. The second-order valence-electron chi connectivity index (χ2n) is 6.91. The summed E-state index contributed by atoms with van der Waals surface area (Å²) in [5.41, 5.74) is 0. The van der Waals surface area contributed by atoms with Crippen LogP contribution in [0.25, 0.3) is 0 Å². The van der Waals surface area contributed by atoms with Gasteiger partial charge in [-0.15, -0.1) is 0 Å². The van der Waals surface area contributed by atoms with Crippen molar-refractivity contribution in [2.45, 2.75) is 59.0 Å². The third-order valence-electron chi connectivity index (χ3n) is 5.08. The maximum Gasteiger partial charge on any atom is 0.320 e. The zero-order chi connectivity index (χ0) is 18.3. The van der Waals surface area contributed by atoms with Crippen LogP contribution in [0, 0.1) is 11.8 Å². The largest absolute Gasteiger partial charge is 0.480 e. The van der Waals surface area contributed by atoms with E-state index in [0.29, 0.717) is 24.9 Å². The van der Waals surface area contributed by atoms with E-state index in [-0.39, 0.29) is 24.4 Å². The summed E-state index contributed by atoms with van der Waals surface area (Å²) >= 11 is 0. The SMILES string of the molecule is CC(=O)NCCN(CC(=O)NC1CCCC(C)C1C)C(C)C(=O)O. The summed E-state index contributed by atoms with van der Waals surface area (Å²) in [6, 6.07) is -0.634. The minimum Gasteiger partial charge on any atom is -0.480 e. The fraction of sp³-hybridized carbons (Fsp3) is 0.824. The fourth-order valence-corrected chi connectivity index (χ4v) is 3.16. The first kappa shape index (κ1) is 20.4. The van der Waals surface area contributed by atoms with E-state index in [2.05, 4.69) is 24.5 Å². The number of carbonyl (C=O) groups excluding carboxylic acids is 2.